The SMILES string of the molecule is CN(CCC(=O)O)C(=O)N[C@H]1CCC[C@H]1Oc1cc(F)cc(F)c1. The molecule has 1 saturated carbocycles. The molecule has 1 aromatic rings. The Labute approximate surface area is 138 Å². The van der Waals surface area contributed by atoms with Gasteiger partial charge in [-0.1, -0.05) is 0 Å². The van der Waals surface area contributed by atoms with E-state index >= 15 is 0 Å². The van der Waals surface area contributed by atoms with Crippen LogP contribution >= 0.6 is 0 Å². The first-order chi connectivity index (χ1) is 11.3. The Morgan fingerprint density at radius 1 is 1.29 bits per heavy atom. The summed E-state index contributed by atoms with van der Waals surface area (Å²) in [5.41, 5.74) is 0. The highest BCUT2D eigenvalue weighted by atomic mass is 19.1. The number of amides is 2. The number of rotatable bonds is 6. The lowest BCUT2D eigenvalue weighted by molar-refractivity contribution is -0.137. The maximum Gasteiger partial charge on any atom is 0.317 e. The molecular weight excluding hydrogens is 322 g/mol. The van der Waals surface area contributed by atoms with Crippen LogP contribution in [-0.4, -0.2) is 47.7 Å². The fourth-order valence-corrected chi connectivity index (χ4v) is 2.64. The van der Waals surface area contributed by atoms with E-state index in [-0.39, 0.29) is 30.9 Å². The zero-order valence-corrected chi connectivity index (χ0v) is 13.3. The van der Waals surface area contributed by atoms with Gasteiger partial charge in [-0.25, -0.2) is 13.6 Å². The number of hydrogen-bond donors (Lipinski definition) is 2. The molecule has 1 aliphatic rings. The van der Waals surface area contributed by atoms with Crippen molar-refractivity contribution in [1.29, 1.82) is 0 Å². The van der Waals surface area contributed by atoms with Gasteiger partial charge in [0.25, 0.3) is 0 Å². The molecule has 1 fully saturated rings. The van der Waals surface area contributed by atoms with Crippen molar-refractivity contribution in [3.63, 3.8) is 0 Å². The second-order valence-corrected chi connectivity index (χ2v) is 5.81. The van der Waals surface area contributed by atoms with E-state index in [1.165, 1.54) is 11.9 Å². The van der Waals surface area contributed by atoms with Crippen LogP contribution in [0.25, 0.3) is 0 Å². The topological polar surface area (TPSA) is 78.9 Å². The molecule has 0 aliphatic heterocycles. The molecule has 1 aliphatic carbocycles. The Kier molecular flexibility index (Phi) is 5.94. The van der Waals surface area contributed by atoms with Gasteiger partial charge in [-0.2, -0.15) is 0 Å². The summed E-state index contributed by atoms with van der Waals surface area (Å²) in [5, 5.41) is 11.4. The molecular formula is C16H20F2N2O4. The lowest BCUT2D eigenvalue weighted by Crippen LogP contribution is -2.48. The fraction of sp³-hybridized carbons (Fsp3) is 0.500. The normalized spacial score (nSPS) is 19.8. The number of carbonyl (C=O) groups excluding carboxylic acids is 1. The third-order valence-corrected chi connectivity index (χ3v) is 3.89. The smallest absolute Gasteiger partial charge is 0.317 e. The molecule has 8 heteroatoms. The molecule has 2 N–H and O–H groups in total. The van der Waals surface area contributed by atoms with Crippen LogP contribution in [0.5, 0.6) is 5.75 Å². The molecule has 24 heavy (non-hydrogen) atoms. The molecule has 6 nitrogen and oxygen atoms in total. The van der Waals surface area contributed by atoms with E-state index in [1.807, 2.05) is 0 Å². The van der Waals surface area contributed by atoms with Crippen LogP contribution < -0.4 is 10.1 Å². The summed E-state index contributed by atoms with van der Waals surface area (Å²) in [6.45, 7) is 0.0918. The highest BCUT2D eigenvalue weighted by Gasteiger charge is 2.31. The minimum absolute atomic E-state index is 0.0814. The number of nitrogens with one attached hydrogen (secondary N) is 1. The molecule has 132 valence electrons. The van der Waals surface area contributed by atoms with Crippen LogP contribution in [0.2, 0.25) is 0 Å². The average molecular weight is 342 g/mol. The van der Waals surface area contributed by atoms with Gasteiger partial charge in [0, 0.05) is 31.8 Å². The number of hydrogen-bond acceptors (Lipinski definition) is 3. The molecule has 0 heterocycles. The summed E-state index contributed by atoms with van der Waals surface area (Å²) in [6, 6.07) is 2.26. The third-order valence-electron chi connectivity index (χ3n) is 3.89. The molecule has 2 rings (SSSR count). The number of nitrogens with zero attached hydrogens (tertiary/aromatic N) is 1. The number of benzene rings is 1. The Balaban J connectivity index is 1.92. The largest absolute Gasteiger partial charge is 0.488 e. The predicted molar refractivity (Wildman–Crippen MR) is 81.8 cm³/mol. The molecule has 0 radical (unpaired) electrons. The summed E-state index contributed by atoms with van der Waals surface area (Å²) in [5.74, 6) is -2.35. The molecule has 2 atom stereocenters. The van der Waals surface area contributed by atoms with Gasteiger partial charge in [-0.15, -0.1) is 0 Å². The van der Waals surface area contributed by atoms with Gasteiger partial charge in [0.15, 0.2) is 0 Å². The van der Waals surface area contributed by atoms with Gasteiger partial charge >= 0.3 is 12.0 Å². The summed E-state index contributed by atoms with van der Waals surface area (Å²) in [6.07, 6.45) is 1.62. The van der Waals surface area contributed by atoms with Crippen LogP contribution in [-0.2, 0) is 4.79 Å². The fourth-order valence-electron chi connectivity index (χ4n) is 2.64. The Morgan fingerprint density at radius 3 is 2.58 bits per heavy atom. The number of aliphatic carboxylic acids is 1. The number of carboxylic acid groups (broad SMARTS) is 1. The van der Waals surface area contributed by atoms with Crippen molar-refractivity contribution in [3.8, 4) is 5.75 Å². The third kappa shape index (κ3) is 5.07. The van der Waals surface area contributed by atoms with Crippen LogP contribution in [0.1, 0.15) is 25.7 Å². The van der Waals surface area contributed by atoms with E-state index in [4.69, 9.17) is 9.84 Å². The van der Waals surface area contributed by atoms with Crippen LogP contribution in [0.3, 0.4) is 0 Å². The summed E-state index contributed by atoms with van der Waals surface area (Å²) < 4.78 is 32.1. The van der Waals surface area contributed by atoms with Crippen molar-refractivity contribution in [3.05, 3.63) is 29.8 Å². The quantitative estimate of drug-likeness (QED) is 0.832. The molecule has 2 amide bonds. The van der Waals surface area contributed by atoms with Crippen LogP contribution in [0.15, 0.2) is 18.2 Å². The Morgan fingerprint density at radius 2 is 1.96 bits per heavy atom. The number of carbonyl (C=O) groups is 2. The molecule has 1 aromatic carbocycles. The second-order valence-electron chi connectivity index (χ2n) is 5.81. The summed E-state index contributed by atoms with van der Waals surface area (Å²) >= 11 is 0. The van der Waals surface area contributed by atoms with E-state index in [0.29, 0.717) is 12.8 Å². The first-order valence-electron chi connectivity index (χ1n) is 7.71. The standard InChI is InChI=1S/C16H20F2N2O4/c1-20(6-5-15(21)22)16(23)19-13-3-2-4-14(13)24-12-8-10(17)7-11(18)9-12/h7-9,13-14H,2-6H2,1H3,(H,19,23)(H,21,22)/t13-,14+/m0/s1. The predicted octanol–water partition coefficient (Wildman–Crippen LogP) is 2.38. The first-order valence-corrected chi connectivity index (χ1v) is 7.71. The Bertz CT molecular complexity index is 591. The highest BCUT2D eigenvalue weighted by Crippen LogP contribution is 2.26. The van der Waals surface area contributed by atoms with Crippen molar-refractivity contribution >= 4 is 12.0 Å². The highest BCUT2D eigenvalue weighted by molar-refractivity contribution is 5.75. The van der Waals surface area contributed by atoms with Gasteiger partial charge in [-0.3, -0.25) is 4.79 Å². The van der Waals surface area contributed by atoms with Crippen LogP contribution in [0, 0.1) is 11.6 Å². The van der Waals surface area contributed by atoms with Gasteiger partial charge in [-0.05, 0) is 19.3 Å². The first kappa shape index (κ1) is 18.0. The Hall–Kier alpha value is -2.38. The van der Waals surface area contributed by atoms with Crippen molar-refractivity contribution < 1.29 is 28.2 Å². The number of ether oxygens (including phenoxy) is 1. The van der Waals surface area contributed by atoms with Gasteiger partial charge in [0.2, 0.25) is 0 Å². The number of carboxylic acids is 1. The number of urea groups is 1. The monoisotopic (exact) mass is 342 g/mol. The lowest BCUT2D eigenvalue weighted by atomic mass is 10.2. The zero-order valence-electron chi connectivity index (χ0n) is 13.3. The minimum Gasteiger partial charge on any atom is -0.488 e. The lowest BCUT2D eigenvalue weighted by Gasteiger charge is -2.25. The van der Waals surface area contributed by atoms with E-state index in [0.717, 1.165) is 24.6 Å². The number of halogens is 2. The molecule has 0 unspecified atom stereocenters. The van der Waals surface area contributed by atoms with E-state index in [9.17, 15) is 18.4 Å². The molecule has 0 aromatic heterocycles. The van der Waals surface area contributed by atoms with Gasteiger partial charge in [0.1, 0.15) is 23.5 Å². The van der Waals surface area contributed by atoms with Crippen molar-refractivity contribution in [2.75, 3.05) is 13.6 Å². The molecule has 0 bridgehead atoms. The van der Waals surface area contributed by atoms with E-state index < -0.39 is 23.6 Å². The van der Waals surface area contributed by atoms with Crippen LogP contribution in [0.4, 0.5) is 13.6 Å². The maximum absolute atomic E-state index is 13.2. The maximum atomic E-state index is 13.2. The van der Waals surface area contributed by atoms with Crippen molar-refractivity contribution in [1.82, 2.24) is 10.2 Å². The second kappa shape index (κ2) is 7.94. The zero-order chi connectivity index (χ0) is 17.7. The summed E-state index contributed by atoms with van der Waals surface area (Å²) in [7, 11) is 1.50. The van der Waals surface area contributed by atoms with Gasteiger partial charge < -0.3 is 20.1 Å². The average Bonchev–Trinajstić information content (AvgIpc) is 2.90. The van der Waals surface area contributed by atoms with Crippen molar-refractivity contribution in [2.24, 2.45) is 0 Å². The van der Waals surface area contributed by atoms with Crippen molar-refractivity contribution in [2.45, 2.75) is 37.8 Å². The minimum atomic E-state index is -0.982. The van der Waals surface area contributed by atoms with Gasteiger partial charge in [0.05, 0.1) is 12.5 Å². The van der Waals surface area contributed by atoms with E-state index in [2.05, 4.69) is 5.32 Å². The van der Waals surface area contributed by atoms with E-state index in [1.54, 1.807) is 0 Å². The molecule has 0 saturated heterocycles. The summed E-state index contributed by atoms with van der Waals surface area (Å²) in [4.78, 5) is 23.9. The molecule has 0 spiro atoms.